The molecule has 3 nitrogen and oxygen atoms in total. The Hall–Kier alpha value is -2.62. The number of rotatable bonds is 2. The van der Waals surface area contributed by atoms with Gasteiger partial charge in [-0.2, -0.15) is 0 Å². The van der Waals surface area contributed by atoms with Gasteiger partial charge in [0.15, 0.2) is 0 Å². The van der Waals surface area contributed by atoms with Crippen LogP contribution in [0.1, 0.15) is 33.6 Å². The van der Waals surface area contributed by atoms with Crippen LogP contribution in [0.2, 0.25) is 0 Å². The number of halogens is 1. The molecule has 2 aromatic carbocycles. The standard InChI is InChI=1S/C20H19FN2O/c1-12-4-2-3-5-15(12)20(24)22-14-7-9-19-17(11-14)16-10-13(21)6-8-18(16)23-19/h2-6,8,10,14,23H,7,9,11H2,1H3,(H,22,24). The summed E-state index contributed by atoms with van der Waals surface area (Å²) in [7, 11) is 0. The molecular weight excluding hydrogens is 303 g/mol. The number of benzene rings is 2. The van der Waals surface area contributed by atoms with E-state index in [-0.39, 0.29) is 17.8 Å². The number of nitrogens with one attached hydrogen (secondary N) is 2. The minimum Gasteiger partial charge on any atom is -0.358 e. The van der Waals surface area contributed by atoms with Crippen LogP contribution < -0.4 is 5.32 Å². The van der Waals surface area contributed by atoms with Crippen molar-refractivity contribution in [1.82, 2.24) is 10.3 Å². The smallest absolute Gasteiger partial charge is 0.251 e. The minimum absolute atomic E-state index is 0.0347. The van der Waals surface area contributed by atoms with Crippen LogP contribution in [0.15, 0.2) is 42.5 Å². The average Bonchev–Trinajstić information content (AvgIpc) is 2.92. The van der Waals surface area contributed by atoms with Crippen molar-refractivity contribution in [3.63, 3.8) is 0 Å². The molecule has 1 aliphatic carbocycles. The number of hydrogen-bond acceptors (Lipinski definition) is 1. The summed E-state index contributed by atoms with van der Waals surface area (Å²) in [5, 5.41) is 4.07. The van der Waals surface area contributed by atoms with Crippen molar-refractivity contribution < 1.29 is 9.18 Å². The summed E-state index contributed by atoms with van der Waals surface area (Å²) in [5.74, 6) is -0.261. The van der Waals surface area contributed by atoms with Gasteiger partial charge in [0.2, 0.25) is 0 Å². The van der Waals surface area contributed by atoms with E-state index in [1.54, 1.807) is 12.1 Å². The molecule has 1 aromatic heterocycles. The largest absolute Gasteiger partial charge is 0.358 e. The van der Waals surface area contributed by atoms with Crippen LogP contribution in [0.25, 0.3) is 10.9 Å². The lowest BCUT2D eigenvalue weighted by Gasteiger charge is -2.24. The summed E-state index contributed by atoms with van der Waals surface area (Å²) in [5.41, 5.74) is 4.95. The predicted octanol–water partition coefficient (Wildman–Crippen LogP) is 3.90. The van der Waals surface area contributed by atoms with Gasteiger partial charge in [-0.25, -0.2) is 4.39 Å². The first-order valence-corrected chi connectivity index (χ1v) is 8.27. The quantitative estimate of drug-likeness (QED) is 0.738. The van der Waals surface area contributed by atoms with Crippen LogP contribution in [0.5, 0.6) is 0 Å². The molecule has 2 N–H and O–H groups in total. The molecule has 1 heterocycles. The van der Waals surface area contributed by atoms with E-state index < -0.39 is 0 Å². The van der Waals surface area contributed by atoms with Crippen LogP contribution in [-0.2, 0) is 12.8 Å². The highest BCUT2D eigenvalue weighted by molar-refractivity contribution is 5.96. The van der Waals surface area contributed by atoms with Crippen LogP contribution in [0.4, 0.5) is 4.39 Å². The summed E-state index contributed by atoms with van der Waals surface area (Å²) in [6.07, 6.45) is 2.49. The van der Waals surface area contributed by atoms with E-state index in [9.17, 15) is 9.18 Å². The SMILES string of the molecule is Cc1ccccc1C(=O)NC1CCc2[nH]c3ccc(F)cc3c2C1. The molecule has 0 fully saturated rings. The van der Waals surface area contributed by atoms with Crippen molar-refractivity contribution in [3.8, 4) is 0 Å². The molecule has 1 unspecified atom stereocenters. The van der Waals surface area contributed by atoms with Gasteiger partial charge >= 0.3 is 0 Å². The van der Waals surface area contributed by atoms with Crippen LogP contribution in [0.3, 0.4) is 0 Å². The fraction of sp³-hybridized carbons (Fsp3) is 0.250. The van der Waals surface area contributed by atoms with E-state index in [1.807, 2.05) is 31.2 Å². The second kappa shape index (κ2) is 5.78. The lowest BCUT2D eigenvalue weighted by Crippen LogP contribution is -2.39. The van der Waals surface area contributed by atoms with Gasteiger partial charge < -0.3 is 10.3 Å². The molecule has 0 bridgehead atoms. The van der Waals surface area contributed by atoms with E-state index >= 15 is 0 Å². The average molecular weight is 322 g/mol. The molecule has 24 heavy (non-hydrogen) atoms. The number of amides is 1. The molecule has 1 atom stereocenters. The van der Waals surface area contributed by atoms with E-state index in [2.05, 4.69) is 10.3 Å². The summed E-state index contributed by atoms with van der Waals surface area (Å²) < 4.78 is 13.6. The predicted molar refractivity (Wildman–Crippen MR) is 92.7 cm³/mol. The number of hydrogen-bond donors (Lipinski definition) is 2. The molecule has 1 amide bonds. The van der Waals surface area contributed by atoms with Gasteiger partial charge in [0.25, 0.3) is 5.91 Å². The third-order valence-corrected chi connectivity index (χ3v) is 4.87. The third kappa shape index (κ3) is 2.58. The maximum absolute atomic E-state index is 13.6. The molecule has 4 heteroatoms. The van der Waals surface area contributed by atoms with Gasteiger partial charge in [-0.15, -0.1) is 0 Å². The summed E-state index contributed by atoms with van der Waals surface area (Å²) >= 11 is 0. The summed E-state index contributed by atoms with van der Waals surface area (Å²) in [6, 6.07) is 12.5. The van der Waals surface area contributed by atoms with Gasteiger partial charge in [-0.1, -0.05) is 18.2 Å². The number of H-pyrrole nitrogens is 1. The number of aryl methyl sites for hydroxylation is 2. The molecule has 122 valence electrons. The summed E-state index contributed by atoms with van der Waals surface area (Å²) in [6.45, 7) is 1.94. The van der Waals surface area contributed by atoms with E-state index in [0.717, 1.165) is 47.0 Å². The van der Waals surface area contributed by atoms with Crippen molar-refractivity contribution in [2.45, 2.75) is 32.2 Å². The van der Waals surface area contributed by atoms with Gasteiger partial charge in [-0.05, 0) is 61.6 Å². The Bertz CT molecular complexity index is 929. The number of aromatic nitrogens is 1. The Morgan fingerprint density at radius 2 is 2.08 bits per heavy atom. The second-order valence-electron chi connectivity index (χ2n) is 6.50. The molecule has 0 radical (unpaired) electrons. The van der Waals surface area contributed by atoms with Crippen molar-refractivity contribution >= 4 is 16.8 Å². The highest BCUT2D eigenvalue weighted by Gasteiger charge is 2.24. The van der Waals surface area contributed by atoms with E-state index in [1.165, 1.54) is 6.07 Å². The molecule has 0 saturated heterocycles. The van der Waals surface area contributed by atoms with Crippen LogP contribution in [0, 0.1) is 12.7 Å². The number of aromatic amines is 1. The zero-order valence-electron chi connectivity index (χ0n) is 13.5. The van der Waals surface area contributed by atoms with E-state index in [4.69, 9.17) is 0 Å². The monoisotopic (exact) mass is 322 g/mol. The van der Waals surface area contributed by atoms with Crippen molar-refractivity contribution in [3.05, 3.63) is 70.7 Å². The maximum Gasteiger partial charge on any atom is 0.251 e. The lowest BCUT2D eigenvalue weighted by atomic mass is 9.91. The lowest BCUT2D eigenvalue weighted by molar-refractivity contribution is 0.0933. The van der Waals surface area contributed by atoms with Crippen LogP contribution in [-0.4, -0.2) is 16.9 Å². The number of carbonyl (C=O) groups is 1. The zero-order valence-corrected chi connectivity index (χ0v) is 13.5. The van der Waals surface area contributed by atoms with Crippen molar-refractivity contribution in [2.75, 3.05) is 0 Å². The first-order valence-electron chi connectivity index (χ1n) is 8.27. The Kier molecular flexibility index (Phi) is 3.60. The molecule has 0 spiro atoms. The molecule has 0 saturated carbocycles. The minimum atomic E-state index is -0.227. The first kappa shape index (κ1) is 14.9. The topological polar surface area (TPSA) is 44.9 Å². The van der Waals surface area contributed by atoms with Gasteiger partial charge in [0.1, 0.15) is 5.82 Å². The number of carbonyl (C=O) groups excluding carboxylic acids is 1. The molecule has 3 aromatic rings. The van der Waals surface area contributed by atoms with Crippen molar-refractivity contribution in [1.29, 1.82) is 0 Å². The van der Waals surface area contributed by atoms with Gasteiger partial charge in [0.05, 0.1) is 0 Å². The fourth-order valence-electron chi connectivity index (χ4n) is 3.60. The normalized spacial score (nSPS) is 16.8. The second-order valence-corrected chi connectivity index (χ2v) is 6.50. The van der Waals surface area contributed by atoms with Crippen LogP contribution >= 0.6 is 0 Å². The van der Waals surface area contributed by atoms with E-state index in [0.29, 0.717) is 5.56 Å². The maximum atomic E-state index is 13.6. The molecule has 0 aliphatic heterocycles. The summed E-state index contributed by atoms with van der Waals surface area (Å²) in [4.78, 5) is 15.9. The highest BCUT2D eigenvalue weighted by atomic mass is 19.1. The third-order valence-electron chi connectivity index (χ3n) is 4.87. The Morgan fingerprint density at radius 1 is 1.25 bits per heavy atom. The first-order chi connectivity index (χ1) is 11.6. The van der Waals surface area contributed by atoms with Gasteiger partial charge in [0, 0.05) is 28.2 Å². The Labute approximate surface area is 139 Å². The van der Waals surface area contributed by atoms with Crippen molar-refractivity contribution in [2.24, 2.45) is 0 Å². The molecule has 4 rings (SSSR count). The Morgan fingerprint density at radius 3 is 2.92 bits per heavy atom. The highest BCUT2D eigenvalue weighted by Crippen LogP contribution is 2.29. The molecule has 1 aliphatic rings. The van der Waals surface area contributed by atoms with Gasteiger partial charge in [-0.3, -0.25) is 4.79 Å². The molecular formula is C20H19FN2O. The fourth-order valence-corrected chi connectivity index (χ4v) is 3.60. The number of fused-ring (bicyclic) bond motifs is 3. The zero-order chi connectivity index (χ0) is 16.7. The Balaban J connectivity index is 1.58.